The number of sulfonamides is 1. The fraction of sp³-hybridized carbons (Fsp3) is 0.107. The molecule has 1 atom stereocenters. The van der Waals surface area contributed by atoms with Gasteiger partial charge in [-0.2, -0.15) is 5.10 Å². The van der Waals surface area contributed by atoms with E-state index in [-0.39, 0.29) is 17.5 Å². The van der Waals surface area contributed by atoms with Gasteiger partial charge >= 0.3 is 0 Å². The molecule has 0 radical (unpaired) electrons. The number of anilines is 1. The summed E-state index contributed by atoms with van der Waals surface area (Å²) < 4.78 is 28.8. The molecule has 0 aromatic heterocycles. The van der Waals surface area contributed by atoms with Crippen LogP contribution in [-0.2, 0) is 10.0 Å². The van der Waals surface area contributed by atoms with Crippen LogP contribution in [0.2, 0.25) is 15.1 Å². The molecule has 1 unspecified atom stereocenters. The van der Waals surface area contributed by atoms with E-state index in [1.165, 1.54) is 0 Å². The smallest absolute Gasteiger partial charge is 0.240 e. The highest BCUT2D eigenvalue weighted by atomic mass is 35.5. The van der Waals surface area contributed by atoms with Gasteiger partial charge in [-0.05, 0) is 59.2 Å². The van der Waals surface area contributed by atoms with Gasteiger partial charge in [0.15, 0.2) is 0 Å². The molecular weight excluding hydrogens is 549 g/mol. The van der Waals surface area contributed by atoms with Gasteiger partial charge in [-0.1, -0.05) is 89.4 Å². The minimum atomic E-state index is -3.74. The predicted molar refractivity (Wildman–Crippen MR) is 152 cm³/mol. The molecule has 188 valence electrons. The fourth-order valence-electron chi connectivity index (χ4n) is 4.23. The van der Waals surface area contributed by atoms with E-state index < -0.39 is 10.0 Å². The van der Waals surface area contributed by atoms with Crippen LogP contribution in [0, 0.1) is 0 Å². The lowest BCUT2D eigenvalue weighted by Gasteiger charge is -2.25. The van der Waals surface area contributed by atoms with Crippen LogP contribution in [0.25, 0.3) is 11.1 Å². The van der Waals surface area contributed by atoms with E-state index in [2.05, 4.69) is 4.72 Å². The van der Waals surface area contributed by atoms with Crippen molar-refractivity contribution in [3.8, 4) is 11.1 Å². The summed E-state index contributed by atoms with van der Waals surface area (Å²) in [5.74, 6) is 0. The molecule has 37 heavy (non-hydrogen) atoms. The maximum Gasteiger partial charge on any atom is 0.240 e. The topological polar surface area (TPSA) is 61.8 Å². The average Bonchev–Trinajstić information content (AvgIpc) is 3.32. The second-order valence-electron chi connectivity index (χ2n) is 8.59. The van der Waals surface area contributed by atoms with Gasteiger partial charge in [0.25, 0.3) is 0 Å². The summed E-state index contributed by atoms with van der Waals surface area (Å²) in [4.78, 5) is 0.192. The Labute approximate surface area is 231 Å². The standard InChI is InChI=1S/C28H22Cl3N3O2S/c29-22-10-6-21(7-11-22)28-17-24(33-34(28)27-15-12-23(30)16-26(27)31)18-32-37(35,36)25-13-8-20(9-14-25)19-4-2-1-3-5-19/h1-16,28,32H,17-18H2. The van der Waals surface area contributed by atoms with Crippen molar-refractivity contribution in [1.29, 1.82) is 0 Å². The third kappa shape index (κ3) is 5.84. The summed E-state index contributed by atoms with van der Waals surface area (Å²) in [6, 6.07) is 29.2. The number of benzene rings is 4. The van der Waals surface area contributed by atoms with Gasteiger partial charge in [0.2, 0.25) is 10.0 Å². The van der Waals surface area contributed by atoms with Crippen molar-refractivity contribution in [2.75, 3.05) is 11.6 Å². The number of nitrogens with one attached hydrogen (secondary N) is 1. The van der Waals surface area contributed by atoms with E-state index >= 15 is 0 Å². The number of hydrazone groups is 1. The van der Waals surface area contributed by atoms with Crippen LogP contribution in [0.15, 0.2) is 107 Å². The minimum Gasteiger partial charge on any atom is -0.256 e. The summed E-state index contributed by atoms with van der Waals surface area (Å²) in [5.41, 5.74) is 4.30. The highest BCUT2D eigenvalue weighted by Crippen LogP contribution is 2.39. The first-order valence-corrected chi connectivity index (χ1v) is 14.1. The van der Waals surface area contributed by atoms with Crippen molar-refractivity contribution < 1.29 is 8.42 Å². The summed E-state index contributed by atoms with van der Waals surface area (Å²) in [5, 5.41) is 8.15. The zero-order chi connectivity index (χ0) is 26.0. The second kappa shape index (κ2) is 10.9. The lowest BCUT2D eigenvalue weighted by Crippen LogP contribution is -2.29. The lowest BCUT2D eigenvalue weighted by atomic mass is 10.0. The third-order valence-electron chi connectivity index (χ3n) is 6.12. The van der Waals surface area contributed by atoms with Crippen molar-refractivity contribution >= 4 is 56.2 Å². The molecule has 0 saturated carbocycles. The first kappa shape index (κ1) is 25.8. The SMILES string of the molecule is O=S(=O)(NCC1=NN(c2ccc(Cl)cc2Cl)C(c2ccc(Cl)cc2)C1)c1ccc(-c2ccccc2)cc1. The van der Waals surface area contributed by atoms with Gasteiger partial charge in [0.1, 0.15) is 0 Å². The van der Waals surface area contributed by atoms with Crippen LogP contribution in [0.4, 0.5) is 5.69 Å². The number of rotatable bonds is 7. The predicted octanol–water partition coefficient (Wildman–Crippen LogP) is 7.60. The lowest BCUT2D eigenvalue weighted by molar-refractivity contribution is 0.586. The van der Waals surface area contributed by atoms with E-state index in [0.29, 0.717) is 32.9 Å². The maximum absolute atomic E-state index is 13.0. The Morgan fingerprint density at radius 3 is 2.14 bits per heavy atom. The monoisotopic (exact) mass is 569 g/mol. The van der Waals surface area contributed by atoms with Crippen LogP contribution >= 0.6 is 34.8 Å². The van der Waals surface area contributed by atoms with E-state index in [0.717, 1.165) is 16.7 Å². The van der Waals surface area contributed by atoms with E-state index in [1.807, 2.05) is 54.6 Å². The molecule has 1 heterocycles. The minimum absolute atomic E-state index is 0.0641. The Morgan fingerprint density at radius 2 is 1.46 bits per heavy atom. The molecule has 0 bridgehead atoms. The van der Waals surface area contributed by atoms with Gasteiger partial charge < -0.3 is 0 Å². The Bertz CT molecular complexity index is 1540. The van der Waals surface area contributed by atoms with Gasteiger partial charge in [0, 0.05) is 16.5 Å². The van der Waals surface area contributed by atoms with Crippen LogP contribution in [-0.4, -0.2) is 20.7 Å². The Morgan fingerprint density at radius 1 is 0.811 bits per heavy atom. The fourth-order valence-corrected chi connectivity index (χ4v) is 5.87. The molecule has 0 aliphatic carbocycles. The van der Waals surface area contributed by atoms with Gasteiger partial charge in [0.05, 0.1) is 33.9 Å². The quantitative estimate of drug-likeness (QED) is 0.249. The highest BCUT2D eigenvalue weighted by Gasteiger charge is 2.31. The summed E-state index contributed by atoms with van der Waals surface area (Å²) in [7, 11) is -3.74. The molecular formula is C28H22Cl3N3O2S. The van der Waals surface area contributed by atoms with Crippen LogP contribution in [0.1, 0.15) is 18.0 Å². The van der Waals surface area contributed by atoms with E-state index in [9.17, 15) is 8.42 Å². The molecule has 1 aliphatic heterocycles. The maximum atomic E-state index is 13.0. The van der Waals surface area contributed by atoms with Crippen LogP contribution in [0.3, 0.4) is 0 Å². The van der Waals surface area contributed by atoms with Crippen molar-refractivity contribution in [2.24, 2.45) is 5.10 Å². The van der Waals surface area contributed by atoms with Gasteiger partial charge in [-0.15, -0.1) is 0 Å². The van der Waals surface area contributed by atoms with Gasteiger partial charge in [-0.3, -0.25) is 5.01 Å². The van der Waals surface area contributed by atoms with Crippen molar-refractivity contribution in [3.63, 3.8) is 0 Å². The molecule has 5 rings (SSSR count). The van der Waals surface area contributed by atoms with E-state index in [4.69, 9.17) is 39.9 Å². The first-order valence-electron chi connectivity index (χ1n) is 11.5. The number of hydrogen-bond donors (Lipinski definition) is 1. The Hall–Kier alpha value is -2.87. The molecule has 4 aromatic carbocycles. The number of halogens is 3. The molecule has 9 heteroatoms. The number of hydrogen-bond acceptors (Lipinski definition) is 4. The summed E-state index contributed by atoms with van der Waals surface area (Å²) in [6.45, 7) is 0.0641. The molecule has 0 spiro atoms. The second-order valence-corrected chi connectivity index (χ2v) is 11.6. The zero-order valence-corrected chi connectivity index (χ0v) is 22.6. The normalized spacial score (nSPS) is 15.6. The molecule has 1 N–H and O–H groups in total. The average molecular weight is 571 g/mol. The van der Waals surface area contributed by atoms with Crippen LogP contribution < -0.4 is 9.73 Å². The number of nitrogens with zero attached hydrogens (tertiary/aromatic N) is 2. The molecule has 0 amide bonds. The van der Waals surface area contributed by atoms with Crippen molar-refractivity contribution in [1.82, 2.24) is 4.72 Å². The molecule has 0 fully saturated rings. The molecule has 5 nitrogen and oxygen atoms in total. The molecule has 1 aliphatic rings. The van der Waals surface area contributed by atoms with Gasteiger partial charge in [-0.25, -0.2) is 13.1 Å². The Balaban J connectivity index is 1.36. The molecule has 4 aromatic rings. The summed E-state index contributed by atoms with van der Waals surface area (Å²) >= 11 is 18.7. The van der Waals surface area contributed by atoms with E-state index in [1.54, 1.807) is 47.5 Å². The molecule has 0 saturated heterocycles. The first-order chi connectivity index (χ1) is 17.8. The van der Waals surface area contributed by atoms with Crippen molar-refractivity contribution in [3.05, 3.63) is 118 Å². The van der Waals surface area contributed by atoms with Crippen LogP contribution in [0.5, 0.6) is 0 Å². The Kier molecular flexibility index (Phi) is 7.56. The third-order valence-corrected chi connectivity index (χ3v) is 8.33. The largest absolute Gasteiger partial charge is 0.256 e. The summed E-state index contributed by atoms with van der Waals surface area (Å²) in [6.07, 6.45) is 0.510. The van der Waals surface area contributed by atoms with Crippen molar-refractivity contribution in [2.45, 2.75) is 17.4 Å². The zero-order valence-electron chi connectivity index (χ0n) is 19.5. The highest BCUT2D eigenvalue weighted by molar-refractivity contribution is 7.89.